The second-order valence-electron chi connectivity index (χ2n) is 3.19. The van der Waals surface area contributed by atoms with Crippen LogP contribution in [-0.2, 0) is 4.74 Å². The molecule has 0 aromatic heterocycles. The van der Waals surface area contributed by atoms with Gasteiger partial charge in [0, 0.05) is 5.92 Å². The molecule has 0 aliphatic rings. The van der Waals surface area contributed by atoms with Gasteiger partial charge in [-0.05, 0) is 13.3 Å². The zero-order valence-corrected chi connectivity index (χ0v) is 7.70. The van der Waals surface area contributed by atoms with Crippen LogP contribution in [0.4, 0.5) is 4.79 Å². The van der Waals surface area contributed by atoms with Crippen LogP contribution < -0.4 is 0 Å². The fourth-order valence-corrected chi connectivity index (χ4v) is 0.724. The SMILES string of the molecule is CCC(C)(O)C(C)COC(=O)O. The Morgan fingerprint density at radius 1 is 1.67 bits per heavy atom. The van der Waals surface area contributed by atoms with Gasteiger partial charge in [0.25, 0.3) is 0 Å². The molecule has 12 heavy (non-hydrogen) atoms. The van der Waals surface area contributed by atoms with Crippen molar-refractivity contribution in [3.63, 3.8) is 0 Å². The Balaban J connectivity index is 3.86. The summed E-state index contributed by atoms with van der Waals surface area (Å²) < 4.78 is 4.35. The fraction of sp³-hybridized carbons (Fsp3) is 0.875. The Morgan fingerprint density at radius 3 is 2.50 bits per heavy atom. The van der Waals surface area contributed by atoms with Crippen molar-refractivity contribution in [3.05, 3.63) is 0 Å². The third-order valence-corrected chi connectivity index (χ3v) is 2.23. The summed E-state index contributed by atoms with van der Waals surface area (Å²) in [6, 6.07) is 0. The molecular formula is C8H16O4. The summed E-state index contributed by atoms with van der Waals surface area (Å²) in [5, 5.41) is 17.8. The Hall–Kier alpha value is -0.770. The summed E-state index contributed by atoms with van der Waals surface area (Å²) in [7, 11) is 0. The van der Waals surface area contributed by atoms with Gasteiger partial charge in [0.1, 0.15) is 6.61 Å². The molecule has 0 spiro atoms. The Bertz CT molecular complexity index is 153. The highest BCUT2D eigenvalue weighted by Crippen LogP contribution is 2.20. The van der Waals surface area contributed by atoms with Crippen molar-refractivity contribution >= 4 is 6.16 Å². The molecule has 0 aromatic carbocycles. The van der Waals surface area contributed by atoms with Crippen LogP contribution >= 0.6 is 0 Å². The van der Waals surface area contributed by atoms with Gasteiger partial charge in [-0.25, -0.2) is 4.79 Å². The molecule has 2 atom stereocenters. The standard InChI is InChI=1S/C8H16O4/c1-4-8(3,11)6(2)5-12-7(9)10/h6,11H,4-5H2,1-3H3,(H,9,10). The highest BCUT2D eigenvalue weighted by molar-refractivity contribution is 5.56. The maximum Gasteiger partial charge on any atom is 0.505 e. The second-order valence-corrected chi connectivity index (χ2v) is 3.19. The van der Waals surface area contributed by atoms with Crippen molar-refractivity contribution in [1.82, 2.24) is 0 Å². The van der Waals surface area contributed by atoms with Crippen LogP contribution in [0.15, 0.2) is 0 Å². The molecule has 0 saturated carbocycles. The van der Waals surface area contributed by atoms with Gasteiger partial charge in [0.15, 0.2) is 0 Å². The summed E-state index contributed by atoms with van der Waals surface area (Å²) in [6.45, 7) is 5.31. The smallest absolute Gasteiger partial charge is 0.450 e. The van der Waals surface area contributed by atoms with Gasteiger partial charge in [0.05, 0.1) is 5.60 Å². The van der Waals surface area contributed by atoms with Crippen LogP contribution in [0.2, 0.25) is 0 Å². The van der Waals surface area contributed by atoms with Crippen LogP contribution in [0.5, 0.6) is 0 Å². The molecular weight excluding hydrogens is 160 g/mol. The molecule has 0 bridgehead atoms. The van der Waals surface area contributed by atoms with Crippen LogP contribution in [0.25, 0.3) is 0 Å². The molecule has 72 valence electrons. The maximum absolute atomic E-state index is 10.0. The molecule has 0 heterocycles. The number of carboxylic acid groups (broad SMARTS) is 1. The van der Waals surface area contributed by atoms with E-state index in [4.69, 9.17) is 5.11 Å². The number of ether oxygens (including phenoxy) is 1. The predicted octanol–water partition coefficient (Wildman–Crippen LogP) is 1.48. The van der Waals surface area contributed by atoms with Crippen LogP contribution in [0.3, 0.4) is 0 Å². The first kappa shape index (κ1) is 11.2. The van der Waals surface area contributed by atoms with Crippen LogP contribution in [-0.4, -0.2) is 28.6 Å². The summed E-state index contributed by atoms with van der Waals surface area (Å²) in [5.41, 5.74) is -0.852. The monoisotopic (exact) mass is 176 g/mol. The Labute approximate surface area is 72.2 Å². The Morgan fingerprint density at radius 2 is 2.17 bits per heavy atom. The van der Waals surface area contributed by atoms with E-state index in [1.54, 1.807) is 13.8 Å². The number of carbonyl (C=O) groups is 1. The number of aliphatic hydroxyl groups is 1. The first-order valence-corrected chi connectivity index (χ1v) is 3.98. The number of hydrogen-bond acceptors (Lipinski definition) is 3. The molecule has 0 saturated heterocycles. The third kappa shape index (κ3) is 3.57. The maximum atomic E-state index is 10.0. The van der Waals surface area contributed by atoms with Crippen LogP contribution in [0, 0.1) is 5.92 Å². The summed E-state index contributed by atoms with van der Waals surface area (Å²) >= 11 is 0. The topological polar surface area (TPSA) is 66.8 Å². The van der Waals surface area contributed by atoms with Gasteiger partial charge < -0.3 is 14.9 Å². The van der Waals surface area contributed by atoms with Gasteiger partial charge in [0.2, 0.25) is 0 Å². The molecule has 2 N–H and O–H groups in total. The summed E-state index contributed by atoms with van der Waals surface area (Å²) in [6.07, 6.45) is -0.717. The normalized spacial score (nSPS) is 18.0. The van der Waals surface area contributed by atoms with Crippen LogP contribution in [0.1, 0.15) is 27.2 Å². The van der Waals surface area contributed by atoms with Crippen molar-refractivity contribution in [3.8, 4) is 0 Å². The van der Waals surface area contributed by atoms with E-state index >= 15 is 0 Å². The summed E-state index contributed by atoms with van der Waals surface area (Å²) in [5.74, 6) is -0.182. The van der Waals surface area contributed by atoms with E-state index in [0.717, 1.165) is 0 Å². The van der Waals surface area contributed by atoms with Gasteiger partial charge in [-0.1, -0.05) is 13.8 Å². The minimum atomic E-state index is -1.30. The van der Waals surface area contributed by atoms with Gasteiger partial charge >= 0.3 is 6.16 Å². The van der Waals surface area contributed by atoms with E-state index in [1.165, 1.54) is 0 Å². The zero-order valence-electron chi connectivity index (χ0n) is 7.70. The first-order chi connectivity index (χ1) is 5.40. The minimum Gasteiger partial charge on any atom is -0.450 e. The van der Waals surface area contributed by atoms with Crippen molar-refractivity contribution in [2.24, 2.45) is 5.92 Å². The third-order valence-electron chi connectivity index (χ3n) is 2.23. The van der Waals surface area contributed by atoms with Crippen molar-refractivity contribution < 1.29 is 19.7 Å². The molecule has 2 unspecified atom stereocenters. The average Bonchev–Trinajstić information content (AvgIpc) is 2.00. The lowest BCUT2D eigenvalue weighted by Crippen LogP contribution is -2.35. The molecule has 0 aromatic rings. The predicted molar refractivity (Wildman–Crippen MR) is 44.1 cm³/mol. The van der Waals surface area contributed by atoms with Gasteiger partial charge in [-0.2, -0.15) is 0 Å². The van der Waals surface area contributed by atoms with E-state index < -0.39 is 11.8 Å². The average molecular weight is 176 g/mol. The molecule has 0 rings (SSSR count). The van der Waals surface area contributed by atoms with Crippen molar-refractivity contribution in [1.29, 1.82) is 0 Å². The quantitative estimate of drug-likeness (QED) is 0.636. The minimum absolute atomic E-state index is 0.0379. The van der Waals surface area contributed by atoms with E-state index in [1.807, 2.05) is 6.92 Å². The molecule has 4 nitrogen and oxygen atoms in total. The number of rotatable bonds is 4. The molecule has 4 heteroatoms. The lowest BCUT2D eigenvalue weighted by Gasteiger charge is -2.28. The van der Waals surface area contributed by atoms with E-state index in [-0.39, 0.29) is 12.5 Å². The van der Waals surface area contributed by atoms with Crippen molar-refractivity contribution in [2.75, 3.05) is 6.61 Å². The Kier molecular flexibility index (Phi) is 4.03. The van der Waals surface area contributed by atoms with Gasteiger partial charge in [-0.3, -0.25) is 0 Å². The molecule has 0 radical (unpaired) electrons. The fourth-order valence-electron chi connectivity index (χ4n) is 0.724. The van der Waals surface area contributed by atoms with E-state index in [2.05, 4.69) is 4.74 Å². The zero-order chi connectivity index (χ0) is 9.78. The lowest BCUT2D eigenvalue weighted by atomic mass is 9.89. The second kappa shape index (κ2) is 4.30. The van der Waals surface area contributed by atoms with E-state index in [9.17, 15) is 9.90 Å². The first-order valence-electron chi connectivity index (χ1n) is 3.98. The largest absolute Gasteiger partial charge is 0.505 e. The highest BCUT2D eigenvalue weighted by atomic mass is 16.7. The highest BCUT2D eigenvalue weighted by Gasteiger charge is 2.26. The lowest BCUT2D eigenvalue weighted by molar-refractivity contribution is -0.0288. The van der Waals surface area contributed by atoms with Gasteiger partial charge in [-0.15, -0.1) is 0 Å². The molecule has 0 amide bonds. The number of hydrogen-bond donors (Lipinski definition) is 2. The van der Waals surface area contributed by atoms with Crippen molar-refractivity contribution in [2.45, 2.75) is 32.8 Å². The molecule has 0 fully saturated rings. The molecule has 0 aliphatic carbocycles. The summed E-state index contributed by atoms with van der Waals surface area (Å²) in [4.78, 5) is 10.0. The molecule has 0 aliphatic heterocycles. The van der Waals surface area contributed by atoms with E-state index in [0.29, 0.717) is 6.42 Å².